The van der Waals surface area contributed by atoms with Crippen molar-refractivity contribution in [3.05, 3.63) is 71.3 Å². The van der Waals surface area contributed by atoms with Gasteiger partial charge in [0.05, 0.1) is 30.1 Å². The number of nitrogen functional groups attached to an aromatic ring is 1. The number of nitrogens with zero attached hydrogens (tertiary/aromatic N) is 4. The minimum Gasteiger partial charge on any atom is -0.507 e. The molecule has 1 aliphatic carbocycles. The van der Waals surface area contributed by atoms with Gasteiger partial charge in [-0.1, -0.05) is 23.7 Å². The second kappa shape index (κ2) is 13.7. The molecule has 0 unspecified atom stereocenters. The van der Waals surface area contributed by atoms with Gasteiger partial charge in [0.1, 0.15) is 11.5 Å². The highest BCUT2D eigenvalue weighted by molar-refractivity contribution is 6.34. The Morgan fingerprint density at radius 2 is 1.75 bits per heavy atom. The Morgan fingerprint density at radius 1 is 1.02 bits per heavy atom. The lowest BCUT2D eigenvalue weighted by Crippen LogP contribution is -2.56. The summed E-state index contributed by atoms with van der Waals surface area (Å²) in [6.45, 7) is 2.91. The lowest BCUT2D eigenvalue weighted by atomic mass is 9.86. The molecule has 1 aromatic heterocycles. The monoisotopic (exact) mass is 619 g/mol. The largest absolute Gasteiger partial charge is 0.507 e. The number of allylic oxidation sites excluding steroid dienone is 1. The number of nitrogens with one attached hydrogen (secondary N) is 2. The van der Waals surface area contributed by atoms with Gasteiger partial charge in [-0.2, -0.15) is 0 Å². The van der Waals surface area contributed by atoms with Gasteiger partial charge in [0.2, 0.25) is 11.8 Å². The van der Waals surface area contributed by atoms with Crippen LogP contribution in [-0.4, -0.2) is 89.7 Å². The predicted molar refractivity (Wildman–Crippen MR) is 167 cm³/mol. The summed E-state index contributed by atoms with van der Waals surface area (Å²) >= 11 is 6.13. The van der Waals surface area contributed by atoms with E-state index in [1.54, 1.807) is 30.3 Å². The second-order valence-electron chi connectivity index (χ2n) is 10.8. The summed E-state index contributed by atoms with van der Waals surface area (Å²) in [7, 11) is 1.51. The van der Waals surface area contributed by atoms with E-state index in [4.69, 9.17) is 22.1 Å². The van der Waals surface area contributed by atoms with E-state index in [9.17, 15) is 19.5 Å². The maximum absolute atomic E-state index is 12.7. The first-order chi connectivity index (χ1) is 21.2. The second-order valence-corrected chi connectivity index (χ2v) is 11.2. The molecule has 2 aliphatic rings. The summed E-state index contributed by atoms with van der Waals surface area (Å²) < 4.78 is 5.08. The molecule has 230 valence electrons. The van der Waals surface area contributed by atoms with Crippen molar-refractivity contribution in [2.24, 2.45) is 0 Å². The minimum atomic E-state index is -0.384. The summed E-state index contributed by atoms with van der Waals surface area (Å²) in [6, 6.07) is 13.4. The number of amides is 2. The van der Waals surface area contributed by atoms with Crippen molar-refractivity contribution in [3.63, 3.8) is 0 Å². The Morgan fingerprint density at radius 3 is 2.45 bits per heavy atom. The van der Waals surface area contributed by atoms with E-state index >= 15 is 0 Å². The highest BCUT2D eigenvalue weighted by Crippen LogP contribution is 2.31. The van der Waals surface area contributed by atoms with Crippen LogP contribution < -0.4 is 26.0 Å². The number of benzene rings is 2. The van der Waals surface area contributed by atoms with Crippen LogP contribution in [0.5, 0.6) is 11.5 Å². The van der Waals surface area contributed by atoms with Crippen molar-refractivity contribution in [1.29, 1.82) is 0 Å². The molecule has 44 heavy (non-hydrogen) atoms. The van der Waals surface area contributed by atoms with E-state index < -0.39 is 0 Å². The van der Waals surface area contributed by atoms with Crippen LogP contribution in [0.3, 0.4) is 0 Å². The molecule has 1 saturated carbocycles. The summed E-state index contributed by atoms with van der Waals surface area (Å²) in [6.07, 6.45) is 3.61. The fourth-order valence-electron chi connectivity index (χ4n) is 5.26. The number of phenols is 1. The van der Waals surface area contributed by atoms with Gasteiger partial charge in [0, 0.05) is 55.5 Å². The van der Waals surface area contributed by atoms with Crippen LogP contribution in [0.2, 0.25) is 5.02 Å². The third kappa shape index (κ3) is 7.44. The third-order valence-corrected chi connectivity index (χ3v) is 8.05. The van der Waals surface area contributed by atoms with Crippen molar-refractivity contribution in [2.75, 3.05) is 50.5 Å². The van der Waals surface area contributed by atoms with Crippen molar-refractivity contribution in [3.8, 4) is 22.8 Å². The zero-order valence-electron chi connectivity index (χ0n) is 24.2. The molecule has 12 nitrogen and oxygen atoms in total. The van der Waals surface area contributed by atoms with E-state index in [2.05, 4.69) is 30.6 Å². The third-order valence-electron chi connectivity index (χ3n) is 7.74. The number of ketones is 1. The van der Waals surface area contributed by atoms with E-state index in [1.165, 1.54) is 25.3 Å². The first-order valence-electron chi connectivity index (χ1n) is 14.2. The molecule has 13 heteroatoms. The molecule has 2 fully saturated rings. The molecular weight excluding hydrogens is 586 g/mol. The molecule has 1 saturated heterocycles. The first kappa shape index (κ1) is 30.8. The fourth-order valence-corrected chi connectivity index (χ4v) is 5.52. The number of aromatic nitrogens is 2. The van der Waals surface area contributed by atoms with Crippen molar-refractivity contribution in [1.82, 2.24) is 25.7 Å². The van der Waals surface area contributed by atoms with Gasteiger partial charge in [-0.15, -0.1) is 10.2 Å². The maximum atomic E-state index is 12.7. The van der Waals surface area contributed by atoms with Crippen LogP contribution in [-0.2, 0) is 9.59 Å². The Labute approximate surface area is 259 Å². The quantitative estimate of drug-likeness (QED) is 0.196. The average molecular weight is 620 g/mol. The summed E-state index contributed by atoms with van der Waals surface area (Å²) in [5.74, 6) is 0.132. The zero-order valence-corrected chi connectivity index (χ0v) is 25.0. The predicted octanol–water partition coefficient (Wildman–Crippen LogP) is 2.42. The Bertz CT molecular complexity index is 1570. The molecule has 5 N–H and O–H groups in total. The van der Waals surface area contributed by atoms with Crippen LogP contribution in [0.1, 0.15) is 23.2 Å². The lowest BCUT2D eigenvalue weighted by molar-refractivity contribution is -0.123. The van der Waals surface area contributed by atoms with Crippen LogP contribution >= 0.6 is 11.6 Å². The summed E-state index contributed by atoms with van der Waals surface area (Å²) in [5.41, 5.74) is 8.27. The number of hydrogen-bond acceptors (Lipinski definition) is 10. The molecule has 0 radical (unpaired) electrons. The number of halogens is 1. The van der Waals surface area contributed by atoms with Crippen LogP contribution in [0, 0.1) is 0 Å². The Balaban J connectivity index is 1.02. The molecular formula is C31H34ClN7O5. The smallest absolute Gasteiger partial charge is 0.244 e. The van der Waals surface area contributed by atoms with E-state index in [0.717, 1.165) is 5.69 Å². The molecule has 2 amide bonds. The Kier molecular flexibility index (Phi) is 9.61. The van der Waals surface area contributed by atoms with Gasteiger partial charge >= 0.3 is 0 Å². The summed E-state index contributed by atoms with van der Waals surface area (Å²) in [5, 5.41) is 24.6. The number of aromatic hydroxyl groups is 1. The van der Waals surface area contributed by atoms with E-state index in [0.29, 0.717) is 61.8 Å². The molecule has 0 atom stereocenters. The van der Waals surface area contributed by atoms with Gasteiger partial charge < -0.3 is 31.1 Å². The molecule has 2 heterocycles. The number of nitrogens with two attached hydrogens (primary N) is 1. The van der Waals surface area contributed by atoms with Crippen LogP contribution in [0.15, 0.2) is 60.7 Å². The molecule has 0 bridgehead atoms. The molecule has 1 aliphatic heterocycles. The number of carbonyl (C=O) groups excluding carboxylic acids is 3. The van der Waals surface area contributed by atoms with E-state index in [-0.39, 0.29) is 52.6 Å². The van der Waals surface area contributed by atoms with Crippen molar-refractivity contribution in [2.45, 2.75) is 24.9 Å². The standard InChI is InChI=1S/C31H34ClN7O5/c1-44-21-6-7-22(24(32)16-21)28(41)8-9-29(42)34-19-14-20(15-19)35-30(43)18-38-10-12-39(13-11-38)26-17-25(36-37-31(26)33)23-4-2-3-5-27(23)40/h2-9,16-17,19-20,40H,10-15,18H2,1H3,(H2,33,37)(H,34,42)(H,35,43)/b9-8+/t19-,20-. The molecule has 5 rings (SSSR count). The van der Waals surface area contributed by atoms with Gasteiger partial charge in [-0.05, 0) is 55.3 Å². The number of anilines is 2. The number of methoxy groups -OCH3 is 1. The normalized spacial score (nSPS) is 18.5. The SMILES string of the molecule is COc1ccc(C(=O)/C=C/C(=O)N[C@H]2C[C@H](NC(=O)CN3CCN(c4cc(-c5ccccc5O)nnc4N)CC3)C2)c(Cl)c1. The topological polar surface area (TPSA) is 163 Å². The van der Waals surface area contributed by atoms with E-state index in [1.807, 2.05) is 12.1 Å². The molecule has 2 aromatic carbocycles. The van der Waals surface area contributed by atoms with Crippen molar-refractivity contribution >= 4 is 40.7 Å². The first-order valence-corrected chi connectivity index (χ1v) is 14.6. The number of piperazine rings is 1. The number of para-hydroxylation sites is 1. The summed E-state index contributed by atoms with van der Waals surface area (Å²) in [4.78, 5) is 41.5. The van der Waals surface area contributed by atoms with Gasteiger partial charge in [-0.25, -0.2) is 0 Å². The van der Waals surface area contributed by atoms with Gasteiger partial charge in [-0.3, -0.25) is 19.3 Å². The number of rotatable bonds is 10. The number of carbonyl (C=O) groups is 3. The molecule has 3 aromatic rings. The maximum Gasteiger partial charge on any atom is 0.244 e. The van der Waals surface area contributed by atoms with Crippen LogP contribution in [0.4, 0.5) is 11.5 Å². The lowest BCUT2D eigenvalue weighted by Gasteiger charge is -2.38. The highest BCUT2D eigenvalue weighted by atomic mass is 35.5. The Hall–Kier alpha value is -4.68. The number of ether oxygens (including phenoxy) is 1. The molecule has 0 spiro atoms. The fraction of sp³-hybridized carbons (Fsp3) is 0.323. The van der Waals surface area contributed by atoms with Gasteiger partial charge in [0.25, 0.3) is 0 Å². The van der Waals surface area contributed by atoms with Gasteiger partial charge in [0.15, 0.2) is 11.6 Å². The van der Waals surface area contributed by atoms with Crippen molar-refractivity contribution < 1.29 is 24.2 Å². The number of phenolic OH excluding ortho intramolecular Hbond substituents is 1. The van der Waals surface area contributed by atoms with Crippen LogP contribution in [0.25, 0.3) is 11.3 Å². The number of hydrogen-bond donors (Lipinski definition) is 4. The average Bonchev–Trinajstić information content (AvgIpc) is 2.99. The highest BCUT2D eigenvalue weighted by Gasteiger charge is 2.31. The minimum absolute atomic E-state index is 0.0201. The zero-order chi connectivity index (χ0) is 31.2.